The number of pyridine rings is 1. The van der Waals surface area contributed by atoms with Gasteiger partial charge in [0.1, 0.15) is 5.82 Å². The van der Waals surface area contributed by atoms with E-state index in [1.807, 2.05) is 12.1 Å². The van der Waals surface area contributed by atoms with E-state index in [0.717, 1.165) is 5.82 Å². The van der Waals surface area contributed by atoms with Gasteiger partial charge in [0.25, 0.3) is 0 Å². The fraction of sp³-hybridized carbons (Fsp3) is 0.583. The summed E-state index contributed by atoms with van der Waals surface area (Å²) in [5.41, 5.74) is 0.680. The average Bonchev–Trinajstić information content (AvgIpc) is 2.26. The smallest absolute Gasteiger partial charge is 0.129 e. The van der Waals surface area contributed by atoms with Crippen LogP contribution in [0.25, 0.3) is 0 Å². The number of aliphatic hydroxyl groups excluding tert-OH is 2. The lowest BCUT2D eigenvalue weighted by molar-refractivity contribution is 0.274. The van der Waals surface area contributed by atoms with Crippen molar-refractivity contribution in [1.29, 1.82) is 0 Å². The zero-order chi connectivity index (χ0) is 11.4. The molecule has 88 valence electrons. The van der Waals surface area contributed by atoms with Gasteiger partial charge in [0.15, 0.2) is 0 Å². The molecule has 1 aliphatic rings. The van der Waals surface area contributed by atoms with E-state index in [4.69, 9.17) is 10.2 Å². The molecule has 0 spiro atoms. The van der Waals surface area contributed by atoms with Gasteiger partial charge >= 0.3 is 0 Å². The molecular formula is C12H18N2O2. The van der Waals surface area contributed by atoms with Gasteiger partial charge in [-0.3, -0.25) is 0 Å². The highest BCUT2D eigenvalue weighted by Gasteiger charge is 2.25. The number of aromatic nitrogens is 1. The van der Waals surface area contributed by atoms with Crippen LogP contribution in [0.4, 0.5) is 5.82 Å². The Hall–Kier alpha value is -1.13. The van der Waals surface area contributed by atoms with Crippen LogP contribution in [-0.4, -0.2) is 34.4 Å². The molecule has 0 aliphatic heterocycles. The lowest BCUT2D eigenvalue weighted by Crippen LogP contribution is -2.42. The van der Waals surface area contributed by atoms with Crippen LogP contribution < -0.4 is 4.90 Å². The molecule has 0 aromatic carbocycles. The molecule has 1 saturated carbocycles. The van der Waals surface area contributed by atoms with Crippen LogP contribution >= 0.6 is 0 Å². The Balaban J connectivity index is 2.16. The van der Waals surface area contributed by atoms with E-state index in [-0.39, 0.29) is 13.2 Å². The Bertz CT molecular complexity index is 340. The molecule has 0 bridgehead atoms. The van der Waals surface area contributed by atoms with Crippen molar-refractivity contribution in [3.8, 4) is 0 Å². The summed E-state index contributed by atoms with van der Waals surface area (Å²) in [5.74, 6) is 0.866. The molecule has 0 atom stereocenters. The second-order valence-electron chi connectivity index (χ2n) is 4.15. The Morgan fingerprint density at radius 3 is 2.69 bits per heavy atom. The summed E-state index contributed by atoms with van der Waals surface area (Å²) in [4.78, 5) is 6.52. The molecule has 4 nitrogen and oxygen atoms in total. The van der Waals surface area contributed by atoms with Crippen LogP contribution in [0.2, 0.25) is 0 Å². The maximum absolute atomic E-state index is 9.07. The number of hydrogen-bond donors (Lipinski definition) is 2. The van der Waals surface area contributed by atoms with E-state index in [9.17, 15) is 0 Å². The highest BCUT2D eigenvalue weighted by atomic mass is 16.3. The molecular weight excluding hydrogens is 204 g/mol. The fourth-order valence-corrected chi connectivity index (χ4v) is 2.01. The number of aliphatic hydroxyl groups is 2. The molecule has 0 unspecified atom stereocenters. The van der Waals surface area contributed by atoms with Crippen molar-refractivity contribution >= 4 is 5.82 Å². The van der Waals surface area contributed by atoms with E-state index < -0.39 is 0 Å². The molecule has 0 radical (unpaired) electrons. The van der Waals surface area contributed by atoms with Crippen LogP contribution in [0.5, 0.6) is 0 Å². The summed E-state index contributed by atoms with van der Waals surface area (Å²) in [6, 6.07) is 6.15. The molecule has 0 amide bonds. The van der Waals surface area contributed by atoms with Crippen molar-refractivity contribution in [1.82, 2.24) is 4.98 Å². The van der Waals surface area contributed by atoms with Gasteiger partial charge < -0.3 is 15.1 Å². The van der Waals surface area contributed by atoms with Crippen molar-refractivity contribution < 1.29 is 10.2 Å². The van der Waals surface area contributed by atoms with Gasteiger partial charge in [0, 0.05) is 12.6 Å². The van der Waals surface area contributed by atoms with Crippen LogP contribution in [-0.2, 0) is 6.61 Å². The summed E-state index contributed by atoms with van der Waals surface area (Å²) in [6.07, 6.45) is 3.60. The van der Waals surface area contributed by atoms with Crippen molar-refractivity contribution in [2.75, 3.05) is 18.1 Å². The van der Waals surface area contributed by atoms with Crippen molar-refractivity contribution in [3.63, 3.8) is 0 Å². The highest BCUT2D eigenvalue weighted by molar-refractivity contribution is 5.41. The van der Waals surface area contributed by atoms with Gasteiger partial charge in [-0.05, 0) is 31.4 Å². The second-order valence-corrected chi connectivity index (χ2v) is 4.15. The third-order valence-electron chi connectivity index (χ3n) is 3.10. The minimum Gasteiger partial charge on any atom is -0.395 e. The number of rotatable bonds is 5. The van der Waals surface area contributed by atoms with Gasteiger partial charge in [-0.25, -0.2) is 4.98 Å². The number of nitrogens with zero attached hydrogens (tertiary/aromatic N) is 2. The van der Waals surface area contributed by atoms with Crippen molar-refractivity contribution in [2.24, 2.45) is 0 Å². The zero-order valence-corrected chi connectivity index (χ0v) is 9.34. The Kier molecular flexibility index (Phi) is 3.74. The van der Waals surface area contributed by atoms with E-state index in [0.29, 0.717) is 18.3 Å². The van der Waals surface area contributed by atoms with Crippen molar-refractivity contribution in [3.05, 3.63) is 23.9 Å². The molecule has 1 fully saturated rings. The second kappa shape index (κ2) is 5.27. The fourth-order valence-electron chi connectivity index (χ4n) is 2.01. The first-order chi connectivity index (χ1) is 7.85. The molecule has 2 N–H and O–H groups in total. The number of anilines is 1. The third-order valence-corrected chi connectivity index (χ3v) is 3.10. The Morgan fingerprint density at radius 2 is 2.12 bits per heavy atom. The summed E-state index contributed by atoms with van der Waals surface area (Å²) < 4.78 is 0. The van der Waals surface area contributed by atoms with Gasteiger partial charge in [0.05, 0.1) is 18.9 Å². The maximum Gasteiger partial charge on any atom is 0.129 e. The van der Waals surface area contributed by atoms with E-state index in [1.165, 1.54) is 19.3 Å². The average molecular weight is 222 g/mol. The van der Waals surface area contributed by atoms with Crippen LogP contribution in [0.3, 0.4) is 0 Å². The van der Waals surface area contributed by atoms with Crippen LogP contribution in [0.15, 0.2) is 18.2 Å². The van der Waals surface area contributed by atoms with Gasteiger partial charge in [-0.1, -0.05) is 6.07 Å². The summed E-state index contributed by atoms with van der Waals surface area (Å²) >= 11 is 0. The standard InChI is InChI=1S/C12H18N2O2/c15-8-7-14(11-4-2-5-11)12-6-1-3-10(9-16)13-12/h1,3,6,11,15-16H,2,4-5,7-9H2. The predicted octanol–water partition coefficient (Wildman–Crippen LogP) is 0.925. The molecule has 2 rings (SSSR count). The summed E-state index contributed by atoms with van der Waals surface area (Å²) in [7, 11) is 0. The first-order valence-electron chi connectivity index (χ1n) is 5.79. The van der Waals surface area contributed by atoms with E-state index in [1.54, 1.807) is 6.07 Å². The molecule has 1 heterocycles. The first kappa shape index (κ1) is 11.4. The first-order valence-corrected chi connectivity index (χ1v) is 5.79. The molecule has 1 aliphatic carbocycles. The lowest BCUT2D eigenvalue weighted by atomic mass is 9.91. The molecule has 16 heavy (non-hydrogen) atoms. The molecule has 4 heteroatoms. The minimum atomic E-state index is -0.0362. The zero-order valence-electron chi connectivity index (χ0n) is 9.34. The normalized spacial score (nSPS) is 15.9. The summed E-state index contributed by atoms with van der Waals surface area (Å²) in [5, 5.41) is 18.1. The van der Waals surface area contributed by atoms with Crippen LogP contribution in [0, 0.1) is 0 Å². The number of hydrogen-bond acceptors (Lipinski definition) is 4. The third kappa shape index (κ3) is 2.33. The minimum absolute atomic E-state index is 0.0362. The maximum atomic E-state index is 9.07. The van der Waals surface area contributed by atoms with E-state index in [2.05, 4.69) is 9.88 Å². The molecule has 0 saturated heterocycles. The van der Waals surface area contributed by atoms with Gasteiger partial charge in [-0.15, -0.1) is 0 Å². The van der Waals surface area contributed by atoms with Crippen molar-refractivity contribution in [2.45, 2.75) is 31.9 Å². The molecule has 1 aromatic heterocycles. The Morgan fingerprint density at radius 1 is 1.31 bits per heavy atom. The predicted molar refractivity (Wildman–Crippen MR) is 62.2 cm³/mol. The van der Waals surface area contributed by atoms with Gasteiger partial charge in [0.2, 0.25) is 0 Å². The van der Waals surface area contributed by atoms with Gasteiger partial charge in [-0.2, -0.15) is 0 Å². The SMILES string of the molecule is OCCN(c1cccc(CO)n1)C1CCC1. The largest absolute Gasteiger partial charge is 0.395 e. The lowest BCUT2D eigenvalue weighted by Gasteiger charge is -2.38. The Labute approximate surface area is 95.5 Å². The highest BCUT2D eigenvalue weighted by Crippen LogP contribution is 2.28. The van der Waals surface area contributed by atoms with E-state index >= 15 is 0 Å². The van der Waals surface area contributed by atoms with Crippen LogP contribution in [0.1, 0.15) is 25.0 Å². The quantitative estimate of drug-likeness (QED) is 0.778. The monoisotopic (exact) mass is 222 g/mol. The molecule has 1 aromatic rings. The topological polar surface area (TPSA) is 56.6 Å². The summed E-state index contributed by atoms with van der Waals surface area (Å²) in [6.45, 7) is 0.722.